The van der Waals surface area contributed by atoms with Crippen molar-refractivity contribution in [2.45, 2.75) is 39.5 Å². The van der Waals surface area contributed by atoms with E-state index >= 15 is 0 Å². The van der Waals surface area contributed by atoms with Gasteiger partial charge in [-0.1, -0.05) is 12.8 Å². The van der Waals surface area contributed by atoms with Gasteiger partial charge in [-0.25, -0.2) is 8.42 Å². The molecule has 0 aliphatic heterocycles. The Balaban J connectivity index is 2.18. The SMILES string of the molecule is Cc1nn(C)c(C)c1OCCCCCCS(=O)(=O)Cl. The van der Waals surface area contributed by atoms with Crippen molar-refractivity contribution in [3.05, 3.63) is 11.4 Å². The van der Waals surface area contributed by atoms with Crippen molar-refractivity contribution in [3.8, 4) is 5.75 Å². The predicted molar refractivity (Wildman–Crippen MR) is 76.3 cm³/mol. The monoisotopic (exact) mass is 308 g/mol. The van der Waals surface area contributed by atoms with Crippen molar-refractivity contribution in [1.82, 2.24) is 9.78 Å². The zero-order chi connectivity index (χ0) is 14.5. The molecule has 0 aromatic carbocycles. The standard InChI is InChI=1S/C12H21ClN2O3S/c1-10-12(11(2)15(3)14-10)18-8-6-4-5-7-9-19(13,16)17/h4-9H2,1-3H3. The Morgan fingerprint density at radius 3 is 2.37 bits per heavy atom. The molecule has 0 radical (unpaired) electrons. The molecule has 1 rings (SSSR count). The molecule has 0 unspecified atom stereocenters. The second kappa shape index (κ2) is 7.14. The summed E-state index contributed by atoms with van der Waals surface area (Å²) in [7, 11) is 3.68. The average molecular weight is 309 g/mol. The van der Waals surface area contributed by atoms with E-state index in [-0.39, 0.29) is 5.75 Å². The molecule has 0 bridgehead atoms. The van der Waals surface area contributed by atoms with Gasteiger partial charge in [0.05, 0.1) is 18.1 Å². The van der Waals surface area contributed by atoms with Crippen LogP contribution in [0.3, 0.4) is 0 Å². The van der Waals surface area contributed by atoms with Gasteiger partial charge in [0.25, 0.3) is 0 Å². The van der Waals surface area contributed by atoms with E-state index in [1.807, 2.05) is 20.9 Å². The topological polar surface area (TPSA) is 61.2 Å². The lowest BCUT2D eigenvalue weighted by molar-refractivity contribution is 0.301. The van der Waals surface area contributed by atoms with Gasteiger partial charge in [-0.15, -0.1) is 0 Å². The zero-order valence-electron chi connectivity index (χ0n) is 11.6. The van der Waals surface area contributed by atoms with Crippen molar-refractivity contribution < 1.29 is 13.2 Å². The molecule has 0 fully saturated rings. The van der Waals surface area contributed by atoms with Crippen molar-refractivity contribution in [2.75, 3.05) is 12.4 Å². The molecular formula is C12H21ClN2O3S. The molecule has 7 heteroatoms. The van der Waals surface area contributed by atoms with Crippen LogP contribution in [0.1, 0.15) is 37.1 Å². The molecule has 0 aliphatic carbocycles. The number of rotatable bonds is 8. The number of aromatic nitrogens is 2. The van der Waals surface area contributed by atoms with Crippen LogP contribution in [-0.4, -0.2) is 30.6 Å². The minimum Gasteiger partial charge on any atom is -0.490 e. The molecule has 0 saturated carbocycles. The van der Waals surface area contributed by atoms with E-state index in [0.717, 1.165) is 36.4 Å². The lowest BCUT2D eigenvalue weighted by atomic mass is 10.2. The Morgan fingerprint density at radius 1 is 1.21 bits per heavy atom. The van der Waals surface area contributed by atoms with Crippen molar-refractivity contribution in [3.63, 3.8) is 0 Å². The minimum atomic E-state index is -3.34. The molecule has 1 aromatic heterocycles. The summed E-state index contributed by atoms with van der Waals surface area (Å²) >= 11 is 0. The van der Waals surface area contributed by atoms with Gasteiger partial charge >= 0.3 is 0 Å². The van der Waals surface area contributed by atoms with Gasteiger partial charge in [-0.3, -0.25) is 4.68 Å². The van der Waals surface area contributed by atoms with Crippen LogP contribution in [0, 0.1) is 13.8 Å². The van der Waals surface area contributed by atoms with Crippen molar-refractivity contribution in [2.24, 2.45) is 7.05 Å². The average Bonchev–Trinajstić information content (AvgIpc) is 2.52. The predicted octanol–water partition coefficient (Wildman–Crippen LogP) is 2.54. The van der Waals surface area contributed by atoms with Crippen LogP contribution in [0.5, 0.6) is 5.75 Å². The Bertz CT molecular complexity index is 511. The molecule has 1 heterocycles. The van der Waals surface area contributed by atoms with Gasteiger partial charge in [-0.2, -0.15) is 5.10 Å². The number of hydrogen-bond donors (Lipinski definition) is 0. The summed E-state index contributed by atoms with van der Waals surface area (Å²) in [4.78, 5) is 0. The van der Waals surface area contributed by atoms with E-state index in [1.54, 1.807) is 4.68 Å². The van der Waals surface area contributed by atoms with Crippen LogP contribution < -0.4 is 4.74 Å². The highest BCUT2D eigenvalue weighted by atomic mass is 35.7. The summed E-state index contributed by atoms with van der Waals surface area (Å²) < 4.78 is 28.9. The fraction of sp³-hybridized carbons (Fsp3) is 0.750. The fourth-order valence-electron chi connectivity index (χ4n) is 1.87. The summed E-state index contributed by atoms with van der Waals surface area (Å²) in [6.45, 7) is 4.52. The van der Waals surface area contributed by atoms with E-state index in [9.17, 15) is 8.42 Å². The molecule has 0 atom stereocenters. The summed E-state index contributed by atoms with van der Waals surface area (Å²) in [5, 5.41) is 4.28. The van der Waals surface area contributed by atoms with Crippen molar-refractivity contribution >= 4 is 19.7 Å². The summed E-state index contributed by atoms with van der Waals surface area (Å²) in [6.07, 6.45) is 3.29. The van der Waals surface area contributed by atoms with Crippen molar-refractivity contribution in [1.29, 1.82) is 0 Å². The first-order valence-electron chi connectivity index (χ1n) is 6.36. The highest BCUT2D eigenvalue weighted by molar-refractivity contribution is 8.13. The van der Waals surface area contributed by atoms with Crippen LogP contribution in [0.25, 0.3) is 0 Å². The van der Waals surface area contributed by atoms with E-state index in [4.69, 9.17) is 15.4 Å². The van der Waals surface area contributed by atoms with Gasteiger partial charge in [0.1, 0.15) is 5.69 Å². The molecule has 0 aliphatic rings. The number of aryl methyl sites for hydroxylation is 2. The second-order valence-electron chi connectivity index (χ2n) is 4.63. The molecule has 0 spiro atoms. The Labute approximate surface area is 119 Å². The summed E-state index contributed by atoms with van der Waals surface area (Å²) in [5.74, 6) is 0.904. The molecule has 5 nitrogen and oxygen atoms in total. The number of unbranched alkanes of at least 4 members (excludes halogenated alkanes) is 3. The van der Waals surface area contributed by atoms with Gasteiger partial charge < -0.3 is 4.74 Å². The third-order valence-corrected chi connectivity index (χ3v) is 4.21. The highest BCUT2D eigenvalue weighted by Crippen LogP contribution is 2.21. The lowest BCUT2D eigenvalue weighted by Gasteiger charge is -2.06. The quantitative estimate of drug-likeness (QED) is 0.547. The first-order chi connectivity index (χ1) is 8.81. The maximum absolute atomic E-state index is 10.7. The summed E-state index contributed by atoms with van der Waals surface area (Å²) in [6, 6.07) is 0. The molecule has 19 heavy (non-hydrogen) atoms. The van der Waals surface area contributed by atoms with Crippen LogP contribution >= 0.6 is 10.7 Å². The van der Waals surface area contributed by atoms with E-state index in [2.05, 4.69) is 5.10 Å². The number of ether oxygens (including phenoxy) is 1. The number of halogens is 1. The Hall–Kier alpha value is -0.750. The molecule has 0 saturated heterocycles. The number of hydrogen-bond acceptors (Lipinski definition) is 4. The summed E-state index contributed by atoms with van der Waals surface area (Å²) in [5.41, 5.74) is 1.92. The lowest BCUT2D eigenvalue weighted by Crippen LogP contribution is -2.01. The largest absolute Gasteiger partial charge is 0.490 e. The third-order valence-electron chi connectivity index (χ3n) is 2.97. The third kappa shape index (κ3) is 5.82. The van der Waals surface area contributed by atoms with E-state index in [0.29, 0.717) is 13.0 Å². The minimum absolute atomic E-state index is 0.0518. The van der Waals surface area contributed by atoms with Crippen LogP contribution in [0.15, 0.2) is 0 Å². The molecule has 0 amide bonds. The number of nitrogens with zero attached hydrogens (tertiary/aromatic N) is 2. The van der Waals surface area contributed by atoms with Gasteiger partial charge in [-0.05, 0) is 26.7 Å². The first kappa shape index (κ1) is 16.3. The molecular weight excluding hydrogens is 288 g/mol. The Morgan fingerprint density at radius 2 is 1.84 bits per heavy atom. The maximum atomic E-state index is 10.7. The van der Waals surface area contributed by atoms with Crippen LogP contribution in [-0.2, 0) is 16.1 Å². The maximum Gasteiger partial charge on any atom is 0.232 e. The van der Waals surface area contributed by atoms with Crippen LogP contribution in [0.4, 0.5) is 0 Å². The molecule has 1 aromatic rings. The van der Waals surface area contributed by atoms with E-state index in [1.165, 1.54) is 0 Å². The first-order valence-corrected chi connectivity index (χ1v) is 8.84. The van der Waals surface area contributed by atoms with Gasteiger partial charge in [0, 0.05) is 17.7 Å². The van der Waals surface area contributed by atoms with Crippen LogP contribution in [0.2, 0.25) is 0 Å². The van der Waals surface area contributed by atoms with E-state index < -0.39 is 9.05 Å². The van der Waals surface area contributed by atoms with Gasteiger partial charge in [0.15, 0.2) is 5.75 Å². The Kier molecular flexibility index (Phi) is 6.13. The second-order valence-corrected chi connectivity index (χ2v) is 7.53. The fourth-order valence-corrected chi connectivity index (χ4v) is 2.74. The molecule has 0 N–H and O–H groups in total. The zero-order valence-corrected chi connectivity index (χ0v) is 13.2. The highest BCUT2D eigenvalue weighted by Gasteiger charge is 2.10. The smallest absolute Gasteiger partial charge is 0.232 e. The molecule has 110 valence electrons. The normalized spacial score (nSPS) is 11.8. The van der Waals surface area contributed by atoms with Gasteiger partial charge in [0.2, 0.25) is 9.05 Å².